The molecule has 1 saturated heterocycles. The standard InChI is InChI=1S/C15H23N3O4S/c1-10(2)14(16)15(20)17-12-9-11(5-6-13(12)19)23(21,22)18-7-3-4-8-18/h5-6,9-10,14,19H,3-4,7-8,16H2,1-2H3,(H,17,20). The molecule has 0 saturated carbocycles. The molecule has 128 valence electrons. The molecule has 7 nitrogen and oxygen atoms in total. The van der Waals surface area contributed by atoms with Gasteiger partial charge in [-0.2, -0.15) is 4.31 Å². The number of carbonyl (C=O) groups excluding carboxylic acids is 1. The highest BCUT2D eigenvalue weighted by Gasteiger charge is 2.28. The Morgan fingerprint density at radius 1 is 1.30 bits per heavy atom. The number of nitrogens with one attached hydrogen (secondary N) is 1. The number of sulfonamides is 1. The van der Waals surface area contributed by atoms with Gasteiger partial charge < -0.3 is 16.2 Å². The van der Waals surface area contributed by atoms with Crippen LogP contribution in [0.1, 0.15) is 26.7 Å². The number of benzene rings is 1. The summed E-state index contributed by atoms with van der Waals surface area (Å²) in [7, 11) is -3.61. The van der Waals surface area contributed by atoms with Gasteiger partial charge in [-0.25, -0.2) is 8.42 Å². The molecule has 1 unspecified atom stereocenters. The first-order chi connectivity index (χ1) is 10.7. The lowest BCUT2D eigenvalue weighted by molar-refractivity contribution is -0.118. The molecule has 0 bridgehead atoms. The molecular formula is C15H23N3O4S. The van der Waals surface area contributed by atoms with E-state index in [-0.39, 0.29) is 22.3 Å². The Morgan fingerprint density at radius 2 is 1.91 bits per heavy atom. The van der Waals surface area contributed by atoms with Gasteiger partial charge in [0.2, 0.25) is 15.9 Å². The largest absolute Gasteiger partial charge is 0.506 e. The zero-order valence-electron chi connectivity index (χ0n) is 13.3. The monoisotopic (exact) mass is 341 g/mol. The molecule has 1 heterocycles. The number of carbonyl (C=O) groups is 1. The topological polar surface area (TPSA) is 113 Å². The predicted molar refractivity (Wildman–Crippen MR) is 87.5 cm³/mol. The van der Waals surface area contributed by atoms with E-state index in [4.69, 9.17) is 5.73 Å². The predicted octanol–water partition coefficient (Wildman–Crippen LogP) is 1.10. The summed E-state index contributed by atoms with van der Waals surface area (Å²) in [4.78, 5) is 12.1. The number of aromatic hydroxyl groups is 1. The van der Waals surface area contributed by atoms with Crippen molar-refractivity contribution in [3.05, 3.63) is 18.2 Å². The molecule has 1 aromatic carbocycles. The van der Waals surface area contributed by atoms with Crippen LogP contribution in [0.5, 0.6) is 5.75 Å². The van der Waals surface area contributed by atoms with Gasteiger partial charge in [-0.15, -0.1) is 0 Å². The number of phenolic OH excluding ortho intramolecular Hbond substituents is 1. The molecule has 0 aliphatic carbocycles. The van der Waals surface area contributed by atoms with Crippen molar-refractivity contribution in [2.24, 2.45) is 11.7 Å². The van der Waals surface area contributed by atoms with Gasteiger partial charge in [-0.05, 0) is 37.0 Å². The third kappa shape index (κ3) is 3.82. The average molecular weight is 341 g/mol. The summed E-state index contributed by atoms with van der Waals surface area (Å²) in [5.41, 5.74) is 5.81. The molecule has 1 amide bonds. The molecule has 8 heteroatoms. The third-order valence-electron chi connectivity index (χ3n) is 3.95. The first kappa shape index (κ1) is 17.7. The van der Waals surface area contributed by atoms with Crippen molar-refractivity contribution in [3.8, 4) is 5.75 Å². The fraction of sp³-hybridized carbons (Fsp3) is 0.533. The molecule has 2 rings (SSSR count). The fourth-order valence-corrected chi connectivity index (χ4v) is 3.92. The van der Waals surface area contributed by atoms with E-state index in [1.165, 1.54) is 22.5 Å². The molecule has 1 atom stereocenters. The number of hydrogen-bond acceptors (Lipinski definition) is 5. The Labute approximate surface area is 136 Å². The number of hydrogen-bond donors (Lipinski definition) is 3. The van der Waals surface area contributed by atoms with E-state index in [0.29, 0.717) is 13.1 Å². The molecule has 4 N–H and O–H groups in total. The van der Waals surface area contributed by atoms with Crippen LogP contribution in [0.2, 0.25) is 0 Å². The van der Waals surface area contributed by atoms with Crippen molar-refractivity contribution in [3.63, 3.8) is 0 Å². The van der Waals surface area contributed by atoms with Crippen LogP contribution in [-0.2, 0) is 14.8 Å². The zero-order chi connectivity index (χ0) is 17.2. The van der Waals surface area contributed by atoms with Gasteiger partial charge >= 0.3 is 0 Å². The number of nitrogens with zero attached hydrogens (tertiary/aromatic N) is 1. The highest BCUT2D eigenvalue weighted by atomic mass is 32.2. The minimum atomic E-state index is -3.61. The van der Waals surface area contributed by atoms with E-state index in [1.54, 1.807) is 13.8 Å². The van der Waals surface area contributed by atoms with Gasteiger partial charge in [0.05, 0.1) is 16.6 Å². The summed E-state index contributed by atoms with van der Waals surface area (Å²) in [6.07, 6.45) is 1.67. The van der Waals surface area contributed by atoms with Crippen molar-refractivity contribution < 1.29 is 18.3 Å². The van der Waals surface area contributed by atoms with Crippen LogP contribution in [0.25, 0.3) is 0 Å². The smallest absolute Gasteiger partial charge is 0.243 e. The van der Waals surface area contributed by atoms with E-state index in [2.05, 4.69) is 5.32 Å². The van der Waals surface area contributed by atoms with Gasteiger partial charge in [-0.1, -0.05) is 13.8 Å². The van der Waals surface area contributed by atoms with E-state index in [0.717, 1.165) is 12.8 Å². The maximum Gasteiger partial charge on any atom is 0.243 e. The number of anilines is 1. The normalized spacial score (nSPS) is 17.4. The Kier molecular flexibility index (Phi) is 5.28. The van der Waals surface area contributed by atoms with Crippen molar-refractivity contribution in [2.75, 3.05) is 18.4 Å². The number of nitrogens with two attached hydrogens (primary N) is 1. The highest BCUT2D eigenvalue weighted by Crippen LogP contribution is 2.29. The number of amides is 1. The van der Waals surface area contributed by atoms with Gasteiger partial charge in [0, 0.05) is 13.1 Å². The molecule has 0 radical (unpaired) electrons. The van der Waals surface area contributed by atoms with Crippen molar-refractivity contribution >= 4 is 21.6 Å². The summed E-state index contributed by atoms with van der Waals surface area (Å²) < 4.78 is 26.5. The second-order valence-corrected chi connectivity index (χ2v) is 7.99. The van der Waals surface area contributed by atoms with Crippen LogP contribution in [0, 0.1) is 5.92 Å². The summed E-state index contributed by atoms with van der Waals surface area (Å²) in [5, 5.41) is 12.4. The number of rotatable bonds is 5. The summed E-state index contributed by atoms with van der Waals surface area (Å²) in [6, 6.07) is 3.13. The van der Waals surface area contributed by atoms with Crippen LogP contribution in [0.4, 0.5) is 5.69 Å². The first-order valence-corrected chi connectivity index (χ1v) is 9.07. The lowest BCUT2D eigenvalue weighted by Crippen LogP contribution is -2.39. The summed E-state index contributed by atoms with van der Waals surface area (Å²) in [6.45, 7) is 4.59. The molecule has 1 fully saturated rings. The van der Waals surface area contributed by atoms with E-state index < -0.39 is 22.0 Å². The molecule has 1 aliphatic rings. The van der Waals surface area contributed by atoms with Crippen LogP contribution in [0.3, 0.4) is 0 Å². The maximum atomic E-state index is 12.5. The molecular weight excluding hydrogens is 318 g/mol. The van der Waals surface area contributed by atoms with Gasteiger partial charge in [-0.3, -0.25) is 4.79 Å². The highest BCUT2D eigenvalue weighted by molar-refractivity contribution is 7.89. The third-order valence-corrected chi connectivity index (χ3v) is 5.84. The lowest BCUT2D eigenvalue weighted by Gasteiger charge is -2.18. The minimum Gasteiger partial charge on any atom is -0.506 e. The zero-order valence-corrected chi connectivity index (χ0v) is 14.1. The Balaban J connectivity index is 2.27. The quantitative estimate of drug-likeness (QED) is 0.694. The van der Waals surface area contributed by atoms with E-state index >= 15 is 0 Å². The number of phenols is 1. The van der Waals surface area contributed by atoms with Crippen molar-refractivity contribution in [2.45, 2.75) is 37.6 Å². The molecule has 1 aromatic rings. The lowest BCUT2D eigenvalue weighted by atomic mass is 10.0. The minimum absolute atomic E-state index is 0.0469. The van der Waals surface area contributed by atoms with Gasteiger partial charge in [0.15, 0.2) is 0 Å². The van der Waals surface area contributed by atoms with Gasteiger partial charge in [0.25, 0.3) is 0 Å². The maximum absolute atomic E-state index is 12.5. The Bertz CT molecular complexity index is 682. The summed E-state index contributed by atoms with van der Waals surface area (Å²) >= 11 is 0. The molecule has 23 heavy (non-hydrogen) atoms. The molecule has 0 aromatic heterocycles. The van der Waals surface area contributed by atoms with Crippen molar-refractivity contribution in [1.82, 2.24) is 4.31 Å². The van der Waals surface area contributed by atoms with Crippen LogP contribution >= 0.6 is 0 Å². The van der Waals surface area contributed by atoms with E-state index in [1.807, 2.05) is 0 Å². The fourth-order valence-electron chi connectivity index (χ4n) is 2.37. The van der Waals surface area contributed by atoms with Crippen LogP contribution in [0.15, 0.2) is 23.1 Å². The molecule has 0 spiro atoms. The second kappa shape index (κ2) is 6.86. The average Bonchev–Trinajstić information content (AvgIpc) is 3.03. The Hall–Kier alpha value is -1.64. The SMILES string of the molecule is CC(C)C(N)C(=O)Nc1cc(S(=O)(=O)N2CCCC2)ccc1O. The van der Waals surface area contributed by atoms with Gasteiger partial charge in [0.1, 0.15) is 5.75 Å². The van der Waals surface area contributed by atoms with Crippen molar-refractivity contribution in [1.29, 1.82) is 0 Å². The summed E-state index contributed by atoms with van der Waals surface area (Å²) in [5.74, 6) is -0.741. The first-order valence-electron chi connectivity index (χ1n) is 7.63. The van der Waals surface area contributed by atoms with E-state index in [9.17, 15) is 18.3 Å². The second-order valence-electron chi connectivity index (χ2n) is 6.05. The van der Waals surface area contributed by atoms with Crippen LogP contribution in [-0.4, -0.2) is 42.9 Å². The Morgan fingerprint density at radius 3 is 2.48 bits per heavy atom. The molecule has 1 aliphatic heterocycles. The van der Waals surface area contributed by atoms with Crippen LogP contribution < -0.4 is 11.1 Å².